The van der Waals surface area contributed by atoms with E-state index in [0.717, 1.165) is 26.1 Å². The second kappa shape index (κ2) is 6.91. The van der Waals surface area contributed by atoms with E-state index in [1.54, 1.807) is 0 Å². The topological polar surface area (TPSA) is 29.3 Å². The van der Waals surface area contributed by atoms with Crippen LogP contribution in [0.3, 0.4) is 0 Å². The van der Waals surface area contributed by atoms with Gasteiger partial charge < -0.3 is 5.73 Å². The average molecular weight is 248 g/mol. The van der Waals surface area contributed by atoms with E-state index >= 15 is 0 Å². The van der Waals surface area contributed by atoms with E-state index in [1.807, 2.05) is 0 Å². The number of nitrogens with two attached hydrogens (primary N) is 1. The molecule has 0 radical (unpaired) electrons. The minimum absolute atomic E-state index is 0.112. The summed E-state index contributed by atoms with van der Waals surface area (Å²) in [5.41, 5.74) is 8.79. The fourth-order valence-corrected chi connectivity index (χ4v) is 2.22. The van der Waals surface area contributed by atoms with Crippen molar-refractivity contribution in [3.05, 3.63) is 35.4 Å². The Kier molecular flexibility index (Phi) is 5.83. The molecule has 1 unspecified atom stereocenters. The molecule has 0 bridgehead atoms. The standard InChI is InChI=1S/C16H28N2/c1-5-11-18(16(4,6-2)13-17)12-15-9-7-14(3)8-10-15/h7-10H,5-6,11-13,17H2,1-4H3. The van der Waals surface area contributed by atoms with Crippen LogP contribution in [0, 0.1) is 6.92 Å². The third-order valence-electron chi connectivity index (χ3n) is 3.95. The van der Waals surface area contributed by atoms with Crippen LogP contribution < -0.4 is 5.73 Å². The van der Waals surface area contributed by atoms with Crippen molar-refractivity contribution in [1.82, 2.24) is 4.90 Å². The zero-order valence-corrected chi connectivity index (χ0v) is 12.4. The van der Waals surface area contributed by atoms with Crippen molar-refractivity contribution in [2.75, 3.05) is 13.1 Å². The number of hydrogen-bond acceptors (Lipinski definition) is 2. The molecule has 102 valence electrons. The van der Waals surface area contributed by atoms with Gasteiger partial charge in [0.25, 0.3) is 0 Å². The van der Waals surface area contributed by atoms with Gasteiger partial charge in [-0.15, -0.1) is 0 Å². The summed E-state index contributed by atoms with van der Waals surface area (Å²) >= 11 is 0. The SMILES string of the molecule is CCCN(Cc1ccc(C)cc1)C(C)(CC)CN. The molecule has 0 saturated heterocycles. The zero-order chi connectivity index (χ0) is 13.6. The first kappa shape index (κ1) is 15.2. The van der Waals surface area contributed by atoms with Crippen LogP contribution in [0.25, 0.3) is 0 Å². The molecule has 0 saturated carbocycles. The van der Waals surface area contributed by atoms with Crippen LogP contribution in [0.5, 0.6) is 0 Å². The van der Waals surface area contributed by atoms with Crippen molar-refractivity contribution >= 4 is 0 Å². The van der Waals surface area contributed by atoms with Crippen molar-refractivity contribution in [3.63, 3.8) is 0 Å². The lowest BCUT2D eigenvalue weighted by atomic mass is 9.95. The fraction of sp³-hybridized carbons (Fsp3) is 0.625. The highest BCUT2D eigenvalue weighted by molar-refractivity contribution is 5.21. The van der Waals surface area contributed by atoms with Crippen molar-refractivity contribution in [1.29, 1.82) is 0 Å². The molecule has 0 amide bonds. The monoisotopic (exact) mass is 248 g/mol. The highest BCUT2D eigenvalue weighted by Gasteiger charge is 2.27. The summed E-state index contributed by atoms with van der Waals surface area (Å²) in [6, 6.07) is 8.82. The molecule has 0 aliphatic rings. The third kappa shape index (κ3) is 3.82. The summed E-state index contributed by atoms with van der Waals surface area (Å²) in [5.74, 6) is 0. The lowest BCUT2D eigenvalue weighted by Gasteiger charge is -2.40. The van der Waals surface area contributed by atoms with Gasteiger partial charge in [-0.2, -0.15) is 0 Å². The molecule has 1 aromatic carbocycles. The normalized spacial score (nSPS) is 14.8. The Hall–Kier alpha value is -0.860. The van der Waals surface area contributed by atoms with E-state index in [1.165, 1.54) is 17.5 Å². The first-order chi connectivity index (χ1) is 8.55. The molecule has 2 heteroatoms. The predicted octanol–water partition coefficient (Wildman–Crippen LogP) is 3.33. The van der Waals surface area contributed by atoms with Gasteiger partial charge in [0.05, 0.1) is 0 Å². The van der Waals surface area contributed by atoms with Gasteiger partial charge in [-0.3, -0.25) is 4.90 Å². The smallest absolute Gasteiger partial charge is 0.0304 e. The molecule has 0 aromatic heterocycles. The molecular weight excluding hydrogens is 220 g/mol. The van der Waals surface area contributed by atoms with E-state index in [0.29, 0.717) is 0 Å². The lowest BCUT2D eigenvalue weighted by molar-refractivity contribution is 0.0973. The second-order valence-electron chi connectivity index (χ2n) is 5.46. The summed E-state index contributed by atoms with van der Waals surface area (Å²) in [4.78, 5) is 2.53. The molecule has 18 heavy (non-hydrogen) atoms. The number of rotatable bonds is 7. The number of aryl methyl sites for hydroxylation is 1. The summed E-state index contributed by atoms with van der Waals surface area (Å²) in [5, 5.41) is 0. The lowest BCUT2D eigenvalue weighted by Crippen LogP contribution is -2.51. The van der Waals surface area contributed by atoms with Crippen LogP contribution in [-0.4, -0.2) is 23.5 Å². The van der Waals surface area contributed by atoms with Crippen molar-refractivity contribution in [2.45, 2.75) is 52.6 Å². The maximum absolute atomic E-state index is 5.98. The Morgan fingerprint density at radius 3 is 2.22 bits per heavy atom. The first-order valence-corrected chi connectivity index (χ1v) is 7.06. The first-order valence-electron chi connectivity index (χ1n) is 7.06. The van der Waals surface area contributed by atoms with Gasteiger partial charge in [0, 0.05) is 18.6 Å². The quantitative estimate of drug-likeness (QED) is 0.802. The number of benzene rings is 1. The Morgan fingerprint density at radius 2 is 1.78 bits per heavy atom. The Bertz CT molecular complexity index is 339. The third-order valence-corrected chi connectivity index (χ3v) is 3.95. The van der Waals surface area contributed by atoms with Crippen molar-refractivity contribution in [2.24, 2.45) is 5.73 Å². The van der Waals surface area contributed by atoms with Gasteiger partial charge in [0.1, 0.15) is 0 Å². The molecule has 0 fully saturated rings. The molecule has 0 spiro atoms. The van der Waals surface area contributed by atoms with E-state index in [9.17, 15) is 0 Å². The van der Waals surface area contributed by atoms with Gasteiger partial charge in [-0.05, 0) is 38.8 Å². The van der Waals surface area contributed by atoms with Gasteiger partial charge in [-0.1, -0.05) is 43.7 Å². The minimum atomic E-state index is 0.112. The van der Waals surface area contributed by atoms with E-state index < -0.39 is 0 Å². The summed E-state index contributed by atoms with van der Waals surface area (Å²) in [6.45, 7) is 11.7. The molecule has 1 atom stereocenters. The van der Waals surface area contributed by atoms with Gasteiger partial charge in [-0.25, -0.2) is 0 Å². The summed E-state index contributed by atoms with van der Waals surface area (Å²) in [6.07, 6.45) is 2.26. The van der Waals surface area contributed by atoms with Crippen molar-refractivity contribution in [3.8, 4) is 0 Å². The molecular formula is C16H28N2. The van der Waals surface area contributed by atoms with Gasteiger partial charge in [0.2, 0.25) is 0 Å². The van der Waals surface area contributed by atoms with E-state index in [4.69, 9.17) is 5.73 Å². The summed E-state index contributed by atoms with van der Waals surface area (Å²) < 4.78 is 0. The molecule has 0 aliphatic carbocycles. The molecule has 0 heterocycles. The Labute approximate surface area is 112 Å². The van der Waals surface area contributed by atoms with Crippen LogP contribution in [0.1, 0.15) is 44.7 Å². The van der Waals surface area contributed by atoms with E-state index in [-0.39, 0.29) is 5.54 Å². The highest BCUT2D eigenvalue weighted by Crippen LogP contribution is 2.21. The second-order valence-corrected chi connectivity index (χ2v) is 5.46. The minimum Gasteiger partial charge on any atom is -0.329 e. The summed E-state index contributed by atoms with van der Waals surface area (Å²) in [7, 11) is 0. The van der Waals surface area contributed by atoms with E-state index in [2.05, 4.69) is 56.9 Å². The average Bonchev–Trinajstić information content (AvgIpc) is 2.40. The zero-order valence-electron chi connectivity index (χ0n) is 12.4. The molecule has 2 nitrogen and oxygen atoms in total. The van der Waals surface area contributed by atoms with Crippen LogP contribution in [0.15, 0.2) is 24.3 Å². The Balaban J connectivity index is 2.82. The number of hydrogen-bond donors (Lipinski definition) is 1. The van der Waals surface area contributed by atoms with Gasteiger partial charge in [0.15, 0.2) is 0 Å². The predicted molar refractivity (Wildman–Crippen MR) is 79.6 cm³/mol. The molecule has 1 aromatic rings. The molecule has 2 N–H and O–H groups in total. The highest BCUT2D eigenvalue weighted by atomic mass is 15.2. The largest absolute Gasteiger partial charge is 0.329 e. The van der Waals surface area contributed by atoms with Crippen LogP contribution in [-0.2, 0) is 6.54 Å². The molecule has 0 aliphatic heterocycles. The maximum Gasteiger partial charge on any atom is 0.0304 e. The fourth-order valence-electron chi connectivity index (χ4n) is 2.22. The Morgan fingerprint density at radius 1 is 1.17 bits per heavy atom. The van der Waals surface area contributed by atoms with Crippen LogP contribution >= 0.6 is 0 Å². The number of nitrogens with zero attached hydrogens (tertiary/aromatic N) is 1. The van der Waals surface area contributed by atoms with Crippen LogP contribution in [0.2, 0.25) is 0 Å². The van der Waals surface area contributed by atoms with Crippen LogP contribution in [0.4, 0.5) is 0 Å². The van der Waals surface area contributed by atoms with Crippen molar-refractivity contribution < 1.29 is 0 Å². The molecule has 1 rings (SSSR count). The maximum atomic E-state index is 5.98. The van der Waals surface area contributed by atoms with Gasteiger partial charge >= 0.3 is 0 Å².